The Morgan fingerprint density at radius 3 is 0.887 bits per heavy atom. The second-order valence-electron chi connectivity index (χ2n) is 19.0. The highest BCUT2D eigenvalue weighted by molar-refractivity contribution is 6.03. The summed E-state index contributed by atoms with van der Waals surface area (Å²) < 4.78 is 11.0. The Morgan fingerprint density at radius 1 is 0.371 bits per heavy atom. The molecule has 358 valence electrons. The molecule has 62 heavy (non-hydrogen) atoms. The molecule has 2 atom stereocenters. The topological polar surface area (TPSA) is 52.6 Å². The van der Waals surface area contributed by atoms with Gasteiger partial charge in [-0.15, -0.1) is 0 Å². The van der Waals surface area contributed by atoms with Crippen molar-refractivity contribution in [2.45, 2.75) is 285 Å². The average Bonchev–Trinajstić information content (AvgIpc) is 3.28. The summed E-state index contributed by atoms with van der Waals surface area (Å²) in [5, 5.41) is 0. The van der Waals surface area contributed by atoms with E-state index in [-0.39, 0.29) is 11.1 Å². The molecule has 0 heterocycles. The molecule has 0 spiro atoms. The lowest BCUT2D eigenvalue weighted by atomic mass is 9.90. The molecule has 2 unspecified atom stereocenters. The first-order valence-electron chi connectivity index (χ1n) is 27.4. The van der Waals surface area contributed by atoms with Crippen molar-refractivity contribution in [2.75, 3.05) is 0 Å². The van der Waals surface area contributed by atoms with Gasteiger partial charge >= 0.3 is 11.9 Å². The maximum Gasteiger partial charge on any atom is 0.343 e. The number of esters is 2. The van der Waals surface area contributed by atoms with Crippen molar-refractivity contribution in [3.8, 4) is 0 Å². The molecule has 0 aromatic heterocycles. The lowest BCUT2D eigenvalue weighted by Crippen LogP contribution is -2.10. The number of allylic oxidation sites excluding steroid dienone is 2. The van der Waals surface area contributed by atoms with Crippen LogP contribution in [-0.2, 0) is 9.47 Å². The summed E-state index contributed by atoms with van der Waals surface area (Å²) in [6, 6.07) is 6.82. The maximum absolute atomic E-state index is 13.1. The van der Waals surface area contributed by atoms with Crippen LogP contribution in [0.1, 0.15) is 305 Å². The van der Waals surface area contributed by atoms with Gasteiger partial charge in [-0.2, -0.15) is 0 Å². The van der Waals surface area contributed by atoms with Crippen LogP contribution in [0.4, 0.5) is 0 Å². The Balaban J connectivity index is 2.50. The van der Waals surface area contributed by atoms with Crippen LogP contribution in [-0.4, -0.2) is 11.9 Å². The normalized spacial score (nSPS) is 12.7. The number of ether oxygens (including phenoxy) is 2. The number of rotatable bonds is 46. The van der Waals surface area contributed by atoms with Crippen molar-refractivity contribution in [1.82, 2.24) is 0 Å². The fourth-order valence-electron chi connectivity index (χ4n) is 9.15. The van der Waals surface area contributed by atoms with Gasteiger partial charge in [0.2, 0.25) is 0 Å². The van der Waals surface area contributed by atoms with Gasteiger partial charge in [0.25, 0.3) is 0 Å². The predicted molar refractivity (Wildman–Crippen MR) is 270 cm³/mol. The standard InChI is InChI=1S/C58H102O4/c1-5-9-13-17-21-23-25-29-35-45-53(43-33-27-19-15-11-7-3)47-37-31-41-51-61-57(59)55-49-39-40-50-56(55)58(60)62-52-42-32-38-48-54(44-34-28-20-16-12-8-4)46-36-30-26-24-22-18-14-10-6-2/h39-42,49-54H,5-38,43-48H2,1-4H3. The molecule has 0 aliphatic carbocycles. The van der Waals surface area contributed by atoms with E-state index in [1.807, 2.05) is 12.2 Å². The molecular formula is C58H102O4. The van der Waals surface area contributed by atoms with Gasteiger partial charge in [-0.05, 0) is 61.8 Å². The van der Waals surface area contributed by atoms with Crippen LogP contribution in [0.25, 0.3) is 0 Å². The Kier molecular flexibility index (Phi) is 42.0. The van der Waals surface area contributed by atoms with E-state index in [0.29, 0.717) is 0 Å². The number of hydrogen-bond acceptors (Lipinski definition) is 4. The molecule has 0 saturated carbocycles. The number of carbonyl (C=O) groups is 2. The van der Waals surface area contributed by atoms with Crippen LogP contribution in [0.15, 0.2) is 48.9 Å². The lowest BCUT2D eigenvalue weighted by Gasteiger charge is -2.16. The highest BCUT2D eigenvalue weighted by Gasteiger charge is 2.18. The molecule has 0 aliphatic heterocycles. The van der Waals surface area contributed by atoms with Crippen LogP contribution in [0.3, 0.4) is 0 Å². The summed E-state index contributed by atoms with van der Waals surface area (Å²) in [6.45, 7) is 9.16. The number of hydrogen-bond donors (Lipinski definition) is 0. The number of carbonyl (C=O) groups excluding carboxylic acids is 2. The third-order valence-electron chi connectivity index (χ3n) is 13.2. The molecule has 1 rings (SSSR count). The van der Waals surface area contributed by atoms with E-state index in [1.165, 1.54) is 244 Å². The van der Waals surface area contributed by atoms with Crippen molar-refractivity contribution in [1.29, 1.82) is 0 Å². The molecular weight excluding hydrogens is 761 g/mol. The summed E-state index contributed by atoms with van der Waals surface area (Å²) >= 11 is 0. The van der Waals surface area contributed by atoms with E-state index in [2.05, 4.69) is 27.7 Å². The van der Waals surface area contributed by atoms with Crippen molar-refractivity contribution in [3.05, 3.63) is 60.1 Å². The highest BCUT2D eigenvalue weighted by atomic mass is 16.5. The minimum atomic E-state index is -0.521. The summed E-state index contributed by atoms with van der Waals surface area (Å²) in [4.78, 5) is 26.2. The van der Waals surface area contributed by atoms with Gasteiger partial charge in [0, 0.05) is 0 Å². The van der Waals surface area contributed by atoms with Gasteiger partial charge in [0.15, 0.2) is 0 Å². The predicted octanol–water partition coefficient (Wildman–Crippen LogP) is 19.9. The van der Waals surface area contributed by atoms with E-state index in [0.717, 1.165) is 37.5 Å². The highest BCUT2D eigenvalue weighted by Crippen LogP contribution is 2.26. The molecule has 0 aliphatic rings. The van der Waals surface area contributed by atoms with Crippen molar-refractivity contribution >= 4 is 11.9 Å². The smallest absolute Gasteiger partial charge is 0.343 e. The molecule has 1 aromatic rings. The molecule has 0 saturated heterocycles. The van der Waals surface area contributed by atoms with E-state index in [9.17, 15) is 9.59 Å². The number of unbranched alkanes of at least 4 members (excludes halogenated alkanes) is 28. The van der Waals surface area contributed by atoms with E-state index in [1.54, 1.807) is 24.3 Å². The average molecular weight is 863 g/mol. The van der Waals surface area contributed by atoms with Gasteiger partial charge in [-0.25, -0.2) is 9.59 Å². The van der Waals surface area contributed by atoms with Crippen LogP contribution >= 0.6 is 0 Å². The third kappa shape index (κ3) is 35.0. The van der Waals surface area contributed by atoms with E-state index in [4.69, 9.17) is 9.47 Å². The Hall–Kier alpha value is -2.36. The zero-order valence-corrected chi connectivity index (χ0v) is 41.7. The molecule has 0 amide bonds. The van der Waals surface area contributed by atoms with Crippen LogP contribution in [0, 0.1) is 11.8 Å². The van der Waals surface area contributed by atoms with E-state index >= 15 is 0 Å². The second-order valence-corrected chi connectivity index (χ2v) is 19.0. The Bertz CT molecular complexity index is 1090. The van der Waals surface area contributed by atoms with Gasteiger partial charge in [-0.3, -0.25) is 0 Å². The molecule has 0 N–H and O–H groups in total. The van der Waals surface area contributed by atoms with Gasteiger partial charge in [0.05, 0.1) is 23.7 Å². The largest absolute Gasteiger partial charge is 0.431 e. The first kappa shape index (κ1) is 57.7. The summed E-state index contributed by atoms with van der Waals surface area (Å²) in [5.74, 6) is 0.560. The van der Waals surface area contributed by atoms with Gasteiger partial charge in [-0.1, -0.05) is 271 Å². The first-order valence-corrected chi connectivity index (χ1v) is 27.4. The minimum Gasteiger partial charge on any atom is -0.431 e. The summed E-state index contributed by atoms with van der Waals surface area (Å²) in [6.07, 6.45) is 60.1. The molecule has 1 aromatic carbocycles. The van der Waals surface area contributed by atoms with Crippen LogP contribution in [0.5, 0.6) is 0 Å². The summed E-state index contributed by atoms with van der Waals surface area (Å²) in [5.41, 5.74) is 0.481. The van der Waals surface area contributed by atoms with Gasteiger partial charge < -0.3 is 9.47 Å². The lowest BCUT2D eigenvalue weighted by molar-refractivity contribution is 0.0617. The quantitative estimate of drug-likeness (QED) is 0.0372. The third-order valence-corrected chi connectivity index (χ3v) is 13.2. The second kappa shape index (κ2) is 45.2. The Labute approximate surface area is 386 Å². The fraction of sp³-hybridized carbons (Fsp3) is 0.793. The molecule has 0 bridgehead atoms. The molecule has 4 nitrogen and oxygen atoms in total. The Morgan fingerprint density at radius 2 is 0.613 bits per heavy atom. The van der Waals surface area contributed by atoms with Crippen molar-refractivity contribution in [2.24, 2.45) is 11.8 Å². The minimum absolute atomic E-state index is 0.240. The molecule has 0 fully saturated rings. The van der Waals surface area contributed by atoms with Crippen LogP contribution < -0.4 is 0 Å². The first-order chi connectivity index (χ1) is 30.6. The van der Waals surface area contributed by atoms with Crippen LogP contribution in [0.2, 0.25) is 0 Å². The van der Waals surface area contributed by atoms with Crippen molar-refractivity contribution in [3.63, 3.8) is 0 Å². The monoisotopic (exact) mass is 863 g/mol. The summed E-state index contributed by atoms with van der Waals surface area (Å²) in [7, 11) is 0. The van der Waals surface area contributed by atoms with Gasteiger partial charge in [0.1, 0.15) is 0 Å². The SMILES string of the molecule is CCCCCCCCCCCC(CCCC=COC(=O)c1ccccc1C(=O)OC=CCCCC(CCCCCCCC)CCCCCCCCCCC)CCCCCCCC. The number of benzene rings is 1. The molecule has 4 heteroatoms. The molecule has 0 radical (unpaired) electrons. The van der Waals surface area contributed by atoms with Crippen molar-refractivity contribution < 1.29 is 19.1 Å². The zero-order valence-electron chi connectivity index (χ0n) is 41.7. The maximum atomic E-state index is 13.1. The zero-order chi connectivity index (χ0) is 44.8. The van der Waals surface area contributed by atoms with E-state index < -0.39 is 11.9 Å². The fourth-order valence-corrected chi connectivity index (χ4v) is 9.15.